The van der Waals surface area contributed by atoms with Crippen molar-refractivity contribution in [2.75, 3.05) is 12.3 Å². The number of amides is 1. The molecule has 2 aromatic rings. The Labute approximate surface area is 143 Å². The maximum absolute atomic E-state index is 12.0. The second-order valence-electron chi connectivity index (χ2n) is 4.12. The van der Waals surface area contributed by atoms with E-state index >= 15 is 0 Å². The topological polar surface area (TPSA) is 63.2 Å². The highest BCUT2D eigenvalue weighted by Crippen LogP contribution is 2.32. The Morgan fingerprint density at radius 2 is 1.86 bits per heavy atom. The summed E-state index contributed by atoms with van der Waals surface area (Å²) in [6, 6.07) is 9.89. The number of nitrogens with one attached hydrogen (secondary N) is 1. The molecule has 0 saturated heterocycles. The fourth-order valence-corrected chi connectivity index (χ4v) is 4.72. The van der Waals surface area contributed by atoms with E-state index in [4.69, 9.17) is 0 Å². The fourth-order valence-electron chi connectivity index (χ4n) is 1.59. The molecule has 0 unspecified atom stereocenters. The molecule has 4 nitrogen and oxygen atoms in total. The van der Waals surface area contributed by atoms with Gasteiger partial charge in [0.1, 0.15) is 0 Å². The van der Waals surface area contributed by atoms with Gasteiger partial charge in [0.2, 0.25) is 0 Å². The molecule has 112 valence electrons. The quantitative estimate of drug-likeness (QED) is 0.755. The number of benzene rings is 1. The third-order valence-electron chi connectivity index (χ3n) is 2.63. The highest BCUT2D eigenvalue weighted by atomic mass is 79.9. The monoisotopic (exact) mass is 451 g/mol. The first-order valence-electron chi connectivity index (χ1n) is 5.91. The molecule has 21 heavy (non-hydrogen) atoms. The van der Waals surface area contributed by atoms with Gasteiger partial charge in [-0.1, -0.05) is 18.2 Å². The minimum atomic E-state index is -3.37. The van der Waals surface area contributed by atoms with Gasteiger partial charge < -0.3 is 5.32 Å². The molecule has 8 heteroatoms. The van der Waals surface area contributed by atoms with Crippen molar-refractivity contribution < 1.29 is 13.2 Å². The number of hydrogen-bond acceptors (Lipinski definition) is 4. The summed E-state index contributed by atoms with van der Waals surface area (Å²) in [6.45, 7) is 0.0726. The van der Waals surface area contributed by atoms with Crippen molar-refractivity contribution in [3.8, 4) is 0 Å². The van der Waals surface area contributed by atoms with E-state index in [0.717, 1.165) is 8.26 Å². The van der Waals surface area contributed by atoms with Crippen LogP contribution in [0, 0.1) is 0 Å². The van der Waals surface area contributed by atoms with Crippen LogP contribution in [-0.4, -0.2) is 26.6 Å². The average molecular weight is 453 g/mol. The summed E-state index contributed by atoms with van der Waals surface area (Å²) in [5.74, 6) is -0.411. The molecule has 0 bridgehead atoms. The molecule has 0 fully saturated rings. The SMILES string of the molecule is O=C(NCCS(=O)(=O)c1ccccc1)c1cc(Br)c(Br)s1. The van der Waals surface area contributed by atoms with Gasteiger partial charge in [0.25, 0.3) is 5.91 Å². The first-order valence-corrected chi connectivity index (χ1v) is 9.96. The molecular formula is C13H11Br2NO3S2. The molecule has 0 radical (unpaired) electrons. The van der Waals surface area contributed by atoms with Crippen molar-refractivity contribution in [3.05, 3.63) is 49.5 Å². The van der Waals surface area contributed by atoms with Crippen molar-refractivity contribution in [2.24, 2.45) is 0 Å². The normalized spacial score (nSPS) is 11.3. The van der Waals surface area contributed by atoms with E-state index in [0.29, 0.717) is 4.88 Å². The highest BCUT2D eigenvalue weighted by molar-refractivity contribution is 9.13. The number of carbonyl (C=O) groups excluding carboxylic acids is 1. The molecule has 1 aromatic heterocycles. The van der Waals surface area contributed by atoms with Crippen molar-refractivity contribution in [1.29, 1.82) is 0 Å². The van der Waals surface area contributed by atoms with Gasteiger partial charge in [0.15, 0.2) is 9.84 Å². The third-order valence-corrected chi connectivity index (χ3v) is 7.61. The van der Waals surface area contributed by atoms with Crippen LogP contribution in [-0.2, 0) is 9.84 Å². The zero-order chi connectivity index (χ0) is 15.5. The van der Waals surface area contributed by atoms with Gasteiger partial charge in [-0.25, -0.2) is 8.42 Å². The molecule has 0 aliphatic carbocycles. The van der Waals surface area contributed by atoms with Crippen LogP contribution in [0.4, 0.5) is 0 Å². The maximum Gasteiger partial charge on any atom is 0.261 e. The molecule has 0 atom stereocenters. The summed E-state index contributed by atoms with van der Waals surface area (Å²) in [5.41, 5.74) is 0. The largest absolute Gasteiger partial charge is 0.350 e. The lowest BCUT2D eigenvalue weighted by molar-refractivity contribution is 0.0960. The number of halogens is 2. The molecule has 1 heterocycles. The molecule has 0 spiro atoms. The van der Waals surface area contributed by atoms with Gasteiger partial charge in [-0.3, -0.25) is 4.79 Å². The van der Waals surface area contributed by atoms with E-state index in [-0.39, 0.29) is 23.1 Å². The van der Waals surface area contributed by atoms with E-state index in [9.17, 15) is 13.2 Å². The number of thiophene rings is 1. The van der Waals surface area contributed by atoms with Crippen molar-refractivity contribution in [1.82, 2.24) is 5.32 Å². The van der Waals surface area contributed by atoms with E-state index in [1.165, 1.54) is 11.3 Å². The first-order chi connectivity index (χ1) is 9.90. The maximum atomic E-state index is 12.0. The van der Waals surface area contributed by atoms with Crippen LogP contribution < -0.4 is 5.32 Å². The Balaban J connectivity index is 1.94. The number of carbonyl (C=O) groups is 1. The summed E-state index contributed by atoms with van der Waals surface area (Å²) in [6.07, 6.45) is 0. The number of sulfone groups is 1. The van der Waals surface area contributed by atoms with Gasteiger partial charge >= 0.3 is 0 Å². The molecule has 1 aromatic carbocycles. The van der Waals surface area contributed by atoms with Crippen molar-refractivity contribution in [3.63, 3.8) is 0 Å². The lowest BCUT2D eigenvalue weighted by Crippen LogP contribution is -2.28. The van der Waals surface area contributed by atoms with E-state index < -0.39 is 9.84 Å². The summed E-state index contributed by atoms with van der Waals surface area (Å²) in [7, 11) is -3.37. The van der Waals surface area contributed by atoms with Gasteiger partial charge in [-0.15, -0.1) is 11.3 Å². The predicted octanol–water partition coefficient (Wildman–Crippen LogP) is 3.48. The van der Waals surface area contributed by atoms with Gasteiger partial charge in [0.05, 0.1) is 19.3 Å². The summed E-state index contributed by atoms with van der Waals surface area (Å²) < 4.78 is 25.7. The average Bonchev–Trinajstić information content (AvgIpc) is 2.79. The van der Waals surface area contributed by atoms with Crippen LogP contribution in [0.1, 0.15) is 9.67 Å². The van der Waals surface area contributed by atoms with E-state index in [2.05, 4.69) is 37.2 Å². The lowest BCUT2D eigenvalue weighted by atomic mass is 10.4. The number of hydrogen-bond donors (Lipinski definition) is 1. The summed E-state index contributed by atoms with van der Waals surface area (Å²) in [4.78, 5) is 12.7. The van der Waals surface area contributed by atoms with Crippen molar-refractivity contribution >= 4 is 58.9 Å². The Hall–Kier alpha value is -0.700. The number of rotatable bonds is 5. The fraction of sp³-hybridized carbons (Fsp3) is 0.154. The second-order valence-corrected chi connectivity index (χ2v) is 9.45. The minimum absolute atomic E-state index is 0.0726. The molecule has 0 saturated carbocycles. The van der Waals surface area contributed by atoms with Crippen LogP contribution in [0.5, 0.6) is 0 Å². The van der Waals surface area contributed by atoms with Crippen LogP contribution in [0.2, 0.25) is 0 Å². The predicted molar refractivity (Wildman–Crippen MR) is 90.5 cm³/mol. The van der Waals surface area contributed by atoms with E-state index in [1.54, 1.807) is 36.4 Å². The van der Waals surface area contributed by atoms with Crippen molar-refractivity contribution in [2.45, 2.75) is 4.90 Å². The van der Waals surface area contributed by atoms with Crippen LogP contribution >= 0.6 is 43.2 Å². The molecule has 2 rings (SSSR count). The minimum Gasteiger partial charge on any atom is -0.350 e. The molecule has 1 N–H and O–H groups in total. The zero-order valence-electron chi connectivity index (χ0n) is 10.7. The van der Waals surface area contributed by atoms with Crippen LogP contribution in [0.15, 0.2) is 49.6 Å². The molecule has 1 amide bonds. The molecule has 0 aliphatic heterocycles. The Morgan fingerprint density at radius 3 is 2.43 bits per heavy atom. The highest BCUT2D eigenvalue weighted by Gasteiger charge is 2.16. The Kier molecular flexibility index (Phi) is 5.59. The first kappa shape index (κ1) is 16.7. The lowest BCUT2D eigenvalue weighted by Gasteiger charge is -2.05. The Morgan fingerprint density at radius 1 is 1.19 bits per heavy atom. The third kappa shape index (κ3) is 4.38. The van der Waals surface area contributed by atoms with Gasteiger partial charge in [-0.2, -0.15) is 0 Å². The van der Waals surface area contributed by atoms with Gasteiger partial charge in [-0.05, 0) is 50.1 Å². The molecule has 0 aliphatic rings. The van der Waals surface area contributed by atoms with E-state index in [1.807, 2.05) is 0 Å². The smallest absolute Gasteiger partial charge is 0.261 e. The standard InChI is InChI=1S/C13H11Br2NO3S2/c14-10-8-11(20-12(10)15)13(17)16-6-7-21(18,19)9-4-2-1-3-5-9/h1-5,8H,6-7H2,(H,16,17). The second kappa shape index (κ2) is 7.04. The van der Waals surface area contributed by atoms with Crippen LogP contribution in [0.3, 0.4) is 0 Å². The zero-order valence-corrected chi connectivity index (χ0v) is 15.5. The Bertz CT molecular complexity index is 723. The molecular weight excluding hydrogens is 442 g/mol. The summed E-state index contributed by atoms with van der Waals surface area (Å²) >= 11 is 7.90. The summed E-state index contributed by atoms with van der Waals surface area (Å²) in [5, 5.41) is 2.62. The van der Waals surface area contributed by atoms with Crippen LogP contribution in [0.25, 0.3) is 0 Å². The van der Waals surface area contributed by atoms with Gasteiger partial charge in [0, 0.05) is 11.0 Å².